The number of carbonyl (C=O) groups is 1. The molecule has 0 aromatic carbocycles. The number of likely N-dealkylation sites (tertiary alicyclic amines) is 1. The zero-order valence-electron chi connectivity index (χ0n) is 33.2. The van der Waals surface area contributed by atoms with E-state index in [2.05, 4.69) is 69.6 Å². The third-order valence-electron chi connectivity index (χ3n) is 18.1. The van der Waals surface area contributed by atoms with Crippen molar-refractivity contribution in [1.29, 1.82) is 0 Å². The number of alkyl halides is 1. The van der Waals surface area contributed by atoms with Gasteiger partial charge in [0.25, 0.3) is 0 Å². The number of allylic oxidation sites excluding steroid dienone is 5. The van der Waals surface area contributed by atoms with Crippen molar-refractivity contribution in [3.63, 3.8) is 0 Å². The van der Waals surface area contributed by atoms with Crippen LogP contribution in [-0.4, -0.2) is 74.3 Å². The number of fused-ring (bicyclic) bond motifs is 7. The minimum Gasteiger partial charge on any atom is -0.481 e. The summed E-state index contributed by atoms with van der Waals surface area (Å²) in [5.41, 5.74) is 2.31. The van der Waals surface area contributed by atoms with Crippen LogP contribution < -0.4 is 5.32 Å². The Morgan fingerprint density at radius 3 is 2.29 bits per heavy atom. The molecule has 1 saturated heterocycles. The Hall–Kier alpha value is -1.51. The van der Waals surface area contributed by atoms with Crippen molar-refractivity contribution in [3.8, 4) is 0 Å². The van der Waals surface area contributed by atoms with E-state index in [0.717, 1.165) is 45.4 Å². The van der Waals surface area contributed by atoms with Crippen LogP contribution in [0.15, 0.2) is 36.0 Å². The molecule has 6 aliphatic carbocycles. The van der Waals surface area contributed by atoms with Crippen molar-refractivity contribution in [2.75, 3.05) is 39.1 Å². The number of rotatable bonds is 9. The smallest absolute Gasteiger partial charge is 0.312 e. The number of carboxylic acid groups (broad SMARTS) is 1. The zero-order valence-corrected chi connectivity index (χ0v) is 34.1. The molecule has 0 aromatic heterocycles. The van der Waals surface area contributed by atoms with Crippen molar-refractivity contribution < 1.29 is 22.7 Å². The Kier molecular flexibility index (Phi) is 9.92. The van der Waals surface area contributed by atoms with E-state index in [9.17, 15) is 22.7 Å². The van der Waals surface area contributed by atoms with E-state index in [1.807, 2.05) is 0 Å². The number of aliphatic carboxylic acids is 1. The Bertz CT molecular complexity index is 1600. The quantitative estimate of drug-likeness (QED) is 0.230. The second-order valence-corrected chi connectivity index (χ2v) is 22.6. The van der Waals surface area contributed by atoms with Gasteiger partial charge in [0.1, 0.15) is 16.5 Å². The number of hydrogen-bond donors (Lipinski definition) is 2. The predicted molar refractivity (Wildman–Crippen MR) is 208 cm³/mol. The van der Waals surface area contributed by atoms with Crippen molar-refractivity contribution in [1.82, 2.24) is 10.2 Å². The van der Waals surface area contributed by atoms with Gasteiger partial charge >= 0.3 is 5.97 Å². The lowest BCUT2D eigenvalue weighted by atomic mass is 9.33. The van der Waals surface area contributed by atoms with Crippen molar-refractivity contribution in [2.24, 2.45) is 56.7 Å². The number of nitrogens with zero attached hydrogens (tertiary/aromatic N) is 1. The van der Waals surface area contributed by atoms with Gasteiger partial charge in [-0.2, -0.15) is 0 Å². The lowest BCUT2D eigenvalue weighted by Gasteiger charge is -2.72. The van der Waals surface area contributed by atoms with E-state index in [0.29, 0.717) is 42.4 Å². The molecule has 0 aromatic rings. The molecule has 292 valence electrons. The van der Waals surface area contributed by atoms with Gasteiger partial charge in [-0.3, -0.25) is 4.79 Å². The molecule has 1 aliphatic heterocycles. The topological polar surface area (TPSA) is 86.7 Å². The number of hydrogen-bond acceptors (Lipinski definition) is 5. The lowest BCUT2D eigenvalue weighted by Crippen LogP contribution is -2.68. The number of carboxylic acids is 1. The van der Waals surface area contributed by atoms with E-state index in [4.69, 9.17) is 0 Å². The van der Waals surface area contributed by atoms with E-state index in [1.165, 1.54) is 68.8 Å². The molecule has 2 N–H and O–H groups in total. The van der Waals surface area contributed by atoms with Crippen LogP contribution in [0, 0.1) is 56.7 Å². The molecule has 0 bridgehead atoms. The molecule has 52 heavy (non-hydrogen) atoms. The van der Waals surface area contributed by atoms with Gasteiger partial charge in [0.05, 0.1) is 10.7 Å². The van der Waals surface area contributed by atoms with Crippen molar-refractivity contribution >= 4 is 15.8 Å². The van der Waals surface area contributed by atoms with Crippen molar-refractivity contribution in [3.05, 3.63) is 36.0 Å². The highest BCUT2D eigenvalue weighted by atomic mass is 32.2. The summed E-state index contributed by atoms with van der Waals surface area (Å²) in [6, 6.07) is 0. The molecule has 0 radical (unpaired) electrons. The summed E-state index contributed by atoms with van der Waals surface area (Å²) in [5.74, 6) is 2.05. The fourth-order valence-electron chi connectivity index (χ4n) is 14.9. The molecule has 7 rings (SSSR count). The molecule has 10 atom stereocenters. The number of piperidine rings is 1. The van der Waals surface area contributed by atoms with E-state index in [1.54, 1.807) is 0 Å². The summed E-state index contributed by atoms with van der Waals surface area (Å²) in [7, 11) is -2.95. The highest BCUT2D eigenvalue weighted by molar-refractivity contribution is 7.91. The Morgan fingerprint density at radius 1 is 0.942 bits per heavy atom. The van der Waals surface area contributed by atoms with Crippen molar-refractivity contribution in [2.45, 2.75) is 135 Å². The van der Waals surface area contributed by atoms with Gasteiger partial charge in [0, 0.05) is 24.9 Å². The normalized spacial score (nSPS) is 45.1. The second-order valence-electron chi connectivity index (χ2n) is 20.3. The summed E-state index contributed by atoms with van der Waals surface area (Å²) in [5, 5.41) is 13.9. The summed E-state index contributed by atoms with van der Waals surface area (Å²) in [4.78, 5) is 14.5. The molecular weight excluding hydrogens is 672 g/mol. The maximum atomic E-state index is 14.0. The molecule has 6 nitrogen and oxygen atoms in total. The van der Waals surface area contributed by atoms with Crippen LogP contribution >= 0.6 is 0 Å². The van der Waals surface area contributed by atoms with E-state index >= 15 is 0 Å². The first-order chi connectivity index (χ1) is 24.4. The van der Waals surface area contributed by atoms with Gasteiger partial charge < -0.3 is 15.3 Å². The fourth-order valence-corrected chi connectivity index (χ4v) is 16.0. The lowest BCUT2D eigenvalue weighted by molar-refractivity contribution is -0.220. The van der Waals surface area contributed by atoms with Crippen LogP contribution in [0.2, 0.25) is 0 Å². The number of sulfone groups is 1. The number of nitrogens with one attached hydrogen (secondary N) is 1. The van der Waals surface area contributed by atoms with Crippen LogP contribution in [0.25, 0.3) is 0 Å². The molecule has 7 aliphatic rings. The average Bonchev–Trinajstić information content (AvgIpc) is 3.47. The molecule has 8 heteroatoms. The van der Waals surface area contributed by atoms with Crippen LogP contribution in [0.4, 0.5) is 4.39 Å². The van der Waals surface area contributed by atoms with Crippen LogP contribution in [0.1, 0.15) is 125 Å². The van der Waals surface area contributed by atoms with Gasteiger partial charge in [-0.1, -0.05) is 52.8 Å². The minimum absolute atomic E-state index is 0.0120. The highest BCUT2D eigenvalue weighted by Crippen LogP contribution is 2.76. The summed E-state index contributed by atoms with van der Waals surface area (Å²) in [6.07, 6.45) is 22.2. The molecule has 4 saturated carbocycles. The van der Waals surface area contributed by atoms with Gasteiger partial charge in [0.2, 0.25) is 0 Å². The fraction of sp³-hybridized carbons (Fsp3) is 0.841. The molecular formula is C44H69FN2O4S. The standard InChI is InChI=1S/C44H69FN2O4S/c1-8-30-13-22-44(46-25-28-47-26-16-32(17-27-47)52(7,50)51)24-23-41(5)34(37(30)44)9-10-36-40(4)18-14-33(39(2,3)35(40)15-19-42(36,41)6)31-11-20-43(29-45,21-12-31)38(48)49/h8,11,14,30,32,34-37,46H,1,9-10,12-13,15-29H2,2-7H3,(H,48,49)/t30?,34-,35+,36-,37-,40+,41-,42-,43-,44+/m1/s1. The largest absolute Gasteiger partial charge is 0.481 e. The first-order valence-corrected chi connectivity index (χ1v) is 22.8. The molecule has 1 unspecified atom stereocenters. The summed E-state index contributed by atoms with van der Waals surface area (Å²) in [6.45, 7) is 20.2. The maximum Gasteiger partial charge on any atom is 0.312 e. The SMILES string of the molecule is C=CC1CC[C@]2(NCCN3CCC(S(C)(=O)=O)CC3)CC[C@]3(C)[C@H](CC[C@@H]4[C@@]5(C)CC=C(C6=CC[C@@](CF)(C(=O)O)CC6)C(C)(C)[C@@H]5CC[C@]43C)[C@@H]12. The molecule has 1 heterocycles. The minimum atomic E-state index is -2.95. The van der Waals surface area contributed by atoms with E-state index < -0.39 is 27.9 Å². The highest BCUT2D eigenvalue weighted by Gasteiger charge is 2.70. The maximum absolute atomic E-state index is 14.0. The van der Waals surface area contributed by atoms with Crippen LogP contribution in [0.5, 0.6) is 0 Å². The molecule has 0 spiro atoms. The zero-order chi connectivity index (χ0) is 37.5. The van der Waals surface area contributed by atoms with Gasteiger partial charge in [-0.25, -0.2) is 12.8 Å². The Morgan fingerprint density at radius 2 is 1.67 bits per heavy atom. The number of halogens is 1. The third-order valence-corrected chi connectivity index (χ3v) is 19.8. The molecule has 0 amide bonds. The Balaban J connectivity index is 1.09. The van der Waals surface area contributed by atoms with Crippen LogP contribution in [0.3, 0.4) is 0 Å². The summed E-state index contributed by atoms with van der Waals surface area (Å²) >= 11 is 0. The van der Waals surface area contributed by atoms with Gasteiger partial charge in [0.15, 0.2) is 0 Å². The molecule has 5 fully saturated rings. The van der Waals surface area contributed by atoms with Crippen LogP contribution in [-0.2, 0) is 14.6 Å². The van der Waals surface area contributed by atoms with Gasteiger partial charge in [-0.05, 0) is 165 Å². The predicted octanol–water partition coefficient (Wildman–Crippen LogP) is 8.79. The van der Waals surface area contributed by atoms with E-state index in [-0.39, 0.29) is 38.9 Å². The summed E-state index contributed by atoms with van der Waals surface area (Å²) < 4.78 is 38.2. The average molecular weight is 741 g/mol. The second kappa shape index (κ2) is 13.3. The van der Waals surface area contributed by atoms with Gasteiger partial charge in [-0.15, -0.1) is 6.58 Å². The third kappa shape index (κ3) is 5.79. The first-order valence-electron chi connectivity index (χ1n) is 20.9. The monoisotopic (exact) mass is 740 g/mol. The Labute approximate surface area is 314 Å². The first kappa shape index (κ1) is 38.8.